The Morgan fingerprint density at radius 3 is 2.69 bits per heavy atom. The molecule has 0 saturated carbocycles. The first-order valence-corrected chi connectivity index (χ1v) is 5.89. The van der Waals surface area contributed by atoms with Crippen molar-refractivity contribution in [3.8, 4) is 0 Å². The summed E-state index contributed by atoms with van der Waals surface area (Å²) in [6, 6.07) is 0.184. The van der Waals surface area contributed by atoms with E-state index in [4.69, 9.17) is 0 Å². The van der Waals surface area contributed by atoms with Crippen molar-refractivity contribution in [2.75, 3.05) is 13.1 Å². The Morgan fingerprint density at radius 2 is 2.19 bits per heavy atom. The molecule has 88 valence electrons. The topological polar surface area (TPSA) is 49.4 Å². The van der Waals surface area contributed by atoms with Gasteiger partial charge in [0.1, 0.15) is 0 Å². The minimum Gasteiger partial charge on any atom is -0.354 e. The molecule has 2 rings (SSSR count). The quantitative estimate of drug-likeness (QED) is 0.752. The van der Waals surface area contributed by atoms with Gasteiger partial charge in [0.2, 0.25) is 11.8 Å². The van der Waals surface area contributed by atoms with E-state index in [2.05, 4.69) is 5.32 Å². The third-order valence-corrected chi connectivity index (χ3v) is 3.48. The fourth-order valence-corrected chi connectivity index (χ4v) is 2.51. The van der Waals surface area contributed by atoms with E-state index in [1.54, 1.807) is 0 Å². The van der Waals surface area contributed by atoms with Gasteiger partial charge >= 0.3 is 0 Å². The second-order valence-electron chi connectivity index (χ2n) is 4.54. The molecule has 0 spiro atoms. The normalized spacial score (nSPS) is 26.4. The zero-order chi connectivity index (χ0) is 11.7. The highest BCUT2D eigenvalue weighted by atomic mass is 16.2. The molecule has 1 N–H and O–H groups in total. The van der Waals surface area contributed by atoms with Gasteiger partial charge in [0, 0.05) is 25.1 Å². The lowest BCUT2D eigenvalue weighted by Gasteiger charge is -2.31. The molecule has 0 aromatic rings. The van der Waals surface area contributed by atoms with E-state index in [1.165, 1.54) is 5.57 Å². The maximum Gasteiger partial charge on any atom is 0.250 e. The number of rotatable bonds is 2. The highest BCUT2D eigenvalue weighted by Gasteiger charge is 2.33. The molecule has 0 aromatic heterocycles. The monoisotopic (exact) mass is 222 g/mol. The van der Waals surface area contributed by atoms with Gasteiger partial charge in [0.05, 0.1) is 6.04 Å². The van der Waals surface area contributed by atoms with Gasteiger partial charge in [0.15, 0.2) is 0 Å². The largest absolute Gasteiger partial charge is 0.354 e. The highest BCUT2D eigenvalue weighted by Crippen LogP contribution is 2.25. The van der Waals surface area contributed by atoms with Crippen molar-refractivity contribution in [3.63, 3.8) is 0 Å². The summed E-state index contributed by atoms with van der Waals surface area (Å²) in [5.41, 5.74) is 2.14. The minimum absolute atomic E-state index is 0.100. The van der Waals surface area contributed by atoms with Crippen LogP contribution in [0.3, 0.4) is 0 Å². The molecule has 0 bridgehead atoms. The van der Waals surface area contributed by atoms with Gasteiger partial charge in [-0.15, -0.1) is 0 Å². The zero-order valence-corrected chi connectivity index (χ0v) is 9.88. The van der Waals surface area contributed by atoms with Crippen LogP contribution in [-0.2, 0) is 9.59 Å². The summed E-state index contributed by atoms with van der Waals surface area (Å²) in [4.78, 5) is 25.1. The lowest BCUT2D eigenvalue weighted by atomic mass is 10.1. The summed E-state index contributed by atoms with van der Waals surface area (Å²) in [7, 11) is 0. The lowest BCUT2D eigenvalue weighted by molar-refractivity contribution is -0.131. The molecule has 1 fully saturated rings. The first-order valence-electron chi connectivity index (χ1n) is 5.89. The summed E-state index contributed by atoms with van der Waals surface area (Å²) < 4.78 is 0. The van der Waals surface area contributed by atoms with Crippen LogP contribution in [-0.4, -0.2) is 35.8 Å². The SMILES string of the molecule is CCC1=C(C)CN(C2CCC(=O)NC2)C1=O. The molecule has 0 aromatic carbocycles. The Hall–Kier alpha value is -1.32. The van der Waals surface area contributed by atoms with Crippen LogP contribution in [0.5, 0.6) is 0 Å². The van der Waals surface area contributed by atoms with Crippen molar-refractivity contribution in [1.82, 2.24) is 10.2 Å². The molecule has 0 radical (unpaired) electrons. The van der Waals surface area contributed by atoms with Crippen LogP contribution in [0.1, 0.15) is 33.1 Å². The van der Waals surface area contributed by atoms with Crippen LogP contribution >= 0.6 is 0 Å². The van der Waals surface area contributed by atoms with Gasteiger partial charge in [0.25, 0.3) is 0 Å². The van der Waals surface area contributed by atoms with Crippen molar-refractivity contribution in [1.29, 1.82) is 0 Å². The third kappa shape index (κ3) is 1.84. The Kier molecular flexibility index (Phi) is 2.99. The van der Waals surface area contributed by atoms with Gasteiger partial charge in [-0.2, -0.15) is 0 Å². The zero-order valence-electron chi connectivity index (χ0n) is 9.88. The van der Waals surface area contributed by atoms with Crippen molar-refractivity contribution < 1.29 is 9.59 Å². The molecule has 2 aliphatic heterocycles. The van der Waals surface area contributed by atoms with Gasteiger partial charge in [-0.3, -0.25) is 9.59 Å². The number of piperidine rings is 1. The predicted molar refractivity (Wildman–Crippen MR) is 60.7 cm³/mol. The number of nitrogens with one attached hydrogen (secondary N) is 1. The maximum absolute atomic E-state index is 12.1. The fourth-order valence-electron chi connectivity index (χ4n) is 2.51. The molecule has 2 aliphatic rings. The van der Waals surface area contributed by atoms with Gasteiger partial charge in [-0.25, -0.2) is 0 Å². The molecule has 16 heavy (non-hydrogen) atoms. The molecule has 2 heterocycles. The first kappa shape index (κ1) is 11.2. The molecular formula is C12H18N2O2. The molecular weight excluding hydrogens is 204 g/mol. The molecule has 2 amide bonds. The number of hydrogen-bond donors (Lipinski definition) is 1. The van der Waals surface area contributed by atoms with Gasteiger partial charge in [-0.05, 0) is 25.3 Å². The van der Waals surface area contributed by atoms with Crippen molar-refractivity contribution in [2.24, 2.45) is 0 Å². The molecule has 1 saturated heterocycles. The summed E-state index contributed by atoms with van der Waals surface area (Å²) in [6.45, 7) is 5.39. The lowest BCUT2D eigenvalue weighted by Crippen LogP contribution is -2.49. The number of hydrogen-bond acceptors (Lipinski definition) is 2. The van der Waals surface area contributed by atoms with Crippen LogP contribution in [0.2, 0.25) is 0 Å². The Balaban J connectivity index is 2.04. The summed E-state index contributed by atoms with van der Waals surface area (Å²) in [5.74, 6) is 0.268. The van der Waals surface area contributed by atoms with Crippen LogP contribution in [0.25, 0.3) is 0 Å². The Morgan fingerprint density at radius 1 is 1.44 bits per heavy atom. The summed E-state index contributed by atoms with van der Waals surface area (Å²) in [5, 5.41) is 2.83. The number of carbonyl (C=O) groups excluding carboxylic acids is 2. The average Bonchev–Trinajstić information content (AvgIpc) is 2.55. The Bertz CT molecular complexity index is 350. The second-order valence-corrected chi connectivity index (χ2v) is 4.54. The van der Waals surface area contributed by atoms with Crippen LogP contribution in [0.15, 0.2) is 11.1 Å². The third-order valence-electron chi connectivity index (χ3n) is 3.48. The molecule has 4 heteroatoms. The smallest absolute Gasteiger partial charge is 0.250 e. The van der Waals surface area contributed by atoms with Gasteiger partial charge < -0.3 is 10.2 Å². The molecule has 4 nitrogen and oxygen atoms in total. The van der Waals surface area contributed by atoms with E-state index in [1.807, 2.05) is 18.7 Å². The fraction of sp³-hybridized carbons (Fsp3) is 0.667. The highest BCUT2D eigenvalue weighted by molar-refractivity contribution is 5.97. The number of nitrogens with zero attached hydrogens (tertiary/aromatic N) is 1. The summed E-state index contributed by atoms with van der Waals surface area (Å²) >= 11 is 0. The van der Waals surface area contributed by atoms with Crippen molar-refractivity contribution >= 4 is 11.8 Å². The van der Waals surface area contributed by atoms with Gasteiger partial charge in [-0.1, -0.05) is 6.92 Å². The van der Waals surface area contributed by atoms with Crippen LogP contribution in [0.4, 0.5) is 0 Å². The van der Waals surface area contributed by atoms with Crippen LogP contribution in [0, 0.1) is 0 Å². The van der Waals surface area contributed by atoms with E-state index in [-0.39, 0.29) is 17.9 Å². The average molecular weight is 222 g/mol. The minimum atomic E-state index is 0.100. The van der Waals surface area contributed by atoms with Crippen LogP contribution < -0.4 is 5.32 Å². The predicted octanol–water partition coefficient (Wildman–Crippen LogP) is 0.834. The van der Waals surface area contributed by atoms with E-state index < -0.39 is 0 Å². The standard InChI is InChI=1S/C12H18N2O2/c1-3-10-8(2)7-14(12(10)16)9-4-5-11(15)13-6-9/h9H,3-7H2,1-2H3,(H,13,15). The summed E-state index contributed by atoms with van der Waals surface area (Å²) in [6.07, 6.45) is 2.14. The molecule has 1 atom stereocenters. The van der Waals surface area contributed by atoms with E-state index in [0.717, 1.165) is 25.0 Å². The molecule has 0 aliphatic carbocycles. The van der Waals surface area contributed by atoms with E-state index in [0.29, 0.717) is 13.0 Å². The Labute approximate surface area is 95.7 Å². The van der Waals surface area contributed by atoms with Crippen molar-refractivity contribution in [3.05, 3.63) is 11.1 Å². The molecule has 1 unspecified atom stereocenters. The number of amides is 2. The maximum atomic E-state index is 12.1. The van der Waals surface area contributed by atoms with E-state index in [9.17, 15) is 9.59 Å². The first-order chi connectivity index (χ1) is 7.63. The van der Waals surface area contributed by atoms with E-state index >= 15 is 0 Å². The number of carbonyl (C=O) groups is 2. The second kappa shape index (κ2) is 4.28. The van der Waals surface area contributed by atoms with Crippen molar-refractivity contribution in [2.45, 2.75) is 39.2 Å².